The smallest absolute Gasteiger partial charge is 0.409 e. The van der Waals surface area contributed by atoms with Crippen LogP contribution in [0.4, 0.5) is 10.6 Å². The molecule has 0 aromatic carbocycles. The molecule has 5 heterocycles. The van der Waals surface area contributed by atoms with Crippen molar-refractivity contribution in [2.24, 2.45) is 11.8 Å². The predicted octanol–water partition coefficient (Wildman–Crippen LogP) is -0.209. The first-order valence-electron chi connectivity index (χ1n) is 13.6. The Morgan fingerprint density at radius 2 is 2.00 bits per heavy atom. The van der Waals surface area contributed by atoms with Crippen molar-refractivity contribution < 1.29 is 34.0 Å². The maximum Gasteiger partial charge on any atom is 0.409 e. The largest absolute Gasteiger partial charge is 0.449 e. The SMILES string of the molecule is CCNC(=O)C1OC(n2cnc3c(N)nc(C#CCC4CCN(C(=O)OCC5CCOC5)CC4)nc32)C(O)C1O. The number of nitrogens with two attached hydrogens (primary N) is 1. The molecule has 14 nitrogen and oxygen atoms in total. The number of likely N-dealkylation sites (N-methyl/N-ethyl adjacent to an activating group) is 1. The van der Waals surface area contributed by atoms with Crippen molar-refractivity contribution >= 4 is 29.0 Å². The van der Waals surface area contributed by atoms with Gasteiger partial charge in [-0.15, -0.1) is 0 Å². The number of anilines is 1. The second-order valence-electron chi connectivity index (χ2n) is 10.3. The predicted molar refractivity (Wildman–Crippen MR) is 140 cm³/mol. The van der Waals surface area contributed by atoms with Crippen LogP contribution in [0.15, 0.2) is 6.33 Å². The minimum atomic E-state index is -1.43. The first-order chi connectivity index (χ1) is 19.4. The van der Waals surface area contributed by atoms with Crippen LogP contribution in [-0.2, 0) is 19.0 Å². The molecule has 5 rings (SSSR count). The summed E-state index contributed by atoms with van der Waals surface area (Å²) in [6.07, 6.45) is -0.909. The third kappa shape index (κ3) is 5.97. The number of aliphatic hydroxyl groups is 2. The third-order valence-electron chi connectivity index (χ3n) is 7.50. The van der Waals surface area contributed by atoms with Gasteiger partial charge in [0.2, 0.25) is 5.82 Å². The summed E-state index contributed by atoms with van der Waals surface area (Å²) < 4.78 is 17.9. The lowest BCUT2D eigenvalue weighted by Crippen LogP contribution is -2.42. The molecule has 0 saturated carbocycles. The number of aliphatic hydroxyl groups excluding tert-OH is 2. The number of nitrogens with one attached hydrogen (secondary N) is 1. The highest BCUT2D eigenvalue weighted by Gasteiger charge is 2.47. The van der Waals surface area contributed by atoms with E-state index in [9.17, 15) is 19.8 Å². The summed E-state index contributed by atoms with van der Waals surface area (Å²) in [5.41, 5.74) is 6.65. The Labute approximate surface area is 231 Å². The van der Waals surface area contributed by atoms with Gasteiger partial charge in [0.05, 0.1) is 19.5 Å². The lowest BCUT2D eigenvalue weighted by atomic mass is 9.94. The molecular formula is C26H35N7O7. The highest BCUT2D eigenvalue weighted by atomic mass is 16.6. The Morgan fingerprint density at radius 1 is 1.20 bits per heavy atom. The number of hydrogen-bond donors (Lipinski definition) is 4. The Balaban J connectivity index is 1.19. The third-order valence-corrected chi connectivity index (χ3v) is 7.50. The van der Waals surface area contributed by atoms with E-state index in [1.54, 1.807) is 11.8 Å². The standard InChI is InChI=1S/C26H35N7O7/c1-2-28-24(36)21-19(34)20(35)25(40-21)33-14-29-18-22(27)30-17(31-23(18)33)5-3-4-15-6-9-32(10-7-15)26(37)39-13-16-8-11-38-12-16/h14-16,19-21,25,34-35H,2,4,6-13H2,1H3,(H,28,36)(H2,27,30,31). The highest BCUT2D eigenvalue weighted by Crippen LogP contribution is 2.32. The number of likely N-dealkylation sites (tertiary alicyclic amines) is 1. The van der Waals surface area contributed by atoms with E-state index >= 15 is 0 Å². The molecule has 14 heteroatoms. The van der Waals surface area contributed by atoms with Crippen molar-refractivity contribution in [1.82, 2.24) is 29.7 Å². The number of aromatic nitrogens is 4. The van der Waals surface area contributed by atoms with Gasteiger partial charge in [0, 0.05) is 38.6 Å². The molecule has 2 aromatic heterocycles. The van der Waals surface area contributed by atoms with Crippen LogP contribution in [0, 0.1) is 23.7 Å². The molecule has 3 fully saturated rings. The lowest BCUT2D eigenvalue weighted by molar-refractivity contribution is -0.137. The number of imidazole rings is 1. The van der Waals surface area contributed by atoms with Gasteiger partial charge in [0.15, 0.2) is 23.8 Å². The van der Waals surface area contributed by atoms with Gasteiger partial charge in [0.25, 0.3) is 5.91 Å². The quantitative estimate of drug-likeness (QED) is 0.344. The molecule has 216 valence electrons. The van der Waals surface area contributed by atoms with Gasteiger partial charge in [-0.1, -0.05) is 5.92 Å². The van der Waals surface area contributed by atoms with Gasteiger partial charge < -0.3 is 40.4 Å². The van der Waals surface area contributed by atoms with E-state index in [1.807, 2.05) is 0 Å². The summed E-state index contributed by atoms with van der Waals surface area (Å²) in [6, 6.07) is 0. The number of piperidine rings is 1. The number of nitrogen functional groups attached to an aromatic ring is 1. The summed E-state index contributed by atoms with van der Waals surface area (Å²) in [4.78, 5) is 39.3. The molecule has 0 bridgehead atoms. The monoisotopic (exact) mass is 557 g/mol. The van der Waals surface area contributed by atoms with Crippen molar-refractivity contribution in [1.29, 1.82) is 0 Å². The van der Waals surface area contributed by atoms with Gasteiger partial charge in [-0.3, -0.25) is 9.36 Å². The minimum absolute atomic E-state index is 0.109. The first-order valence-corrected chi connectivity index (χ1v) is 13.6. The second-order valence-corrected chi connectivity index (χ2v) is 10.3. The lowest BCUT2D eigenvalue weighted by Gasteiger charge is -2.30. The fourth-order valence-electron chi connectivity index (χ4n) is 5.15. The zero-order chi connectivity index (χ0) is 28.2. The van der Waals surface area contributed by atoms with Crippen LogP contribution in [-0.4, -0.2) is 104 Å². The fraction of sp³-hybridized carbons (Fsp3) is 0.654. The van der Waals surface area contributed by atoms with E-state index in [-0.39, 0.29) is 34.8 Å². The molecule has 0 radical (unpaired) electrons. The molecule has 0 spiro atoms. The number of carbonyl (C=O) groups excluding carboxylic acids is 2. The first kappa shape index (κ1) is 28.0. The van der Waals surface area contributed by atoms with Crippen LogP contribution in [0.3, 0.4) is 0 Å². The van der Waals surface area contributed by atoms with Gasteiger partial charge >= 0.3 is 6.09 Å². The number of nitrogens with zero attached hydrogens (tertiary/aromatic N) is 5. The van der Waals surface area contributed by atoms with E-state index in [1.165, 1.54) is 10.9 Å². The summed E-state index contributed by atoms with van der Waals surface area (Å²) >= 11 is 0. The molecule has 3 saturated heterocycles. The summed E-state index contributed by atoms with van der Waals surface area (Å²) in [7, 11) is 0. The van der Waals surface area contributed by atoms with E-state index in [2.05, 4.69) is 32.1 Å². The number of carbonyl (C=O) groups is 2. The summed E-state index contributed by atoms with van der Waals surface area (Å²) in [5, 5.41) is 23.6. The topological polar surface area (TPSA) is 187 Å². The van der Waals surface area contributed by atoms with Crippen LogP contribution in [0.2, 0.25) is 0 Å². The zero-order valence-electron chi connectivity index (χ0n) is 22.4. The van der Waals surface area contributed by atoms with E-state index in [4.69, 9.17) is 19.9 Å². The molecule has 5 unspecified atom stereocenters. The maximum absolute atomic E-state index is 12.4. The van der Waals surface area contributed by atoms with Crippen molar-refractivity contribution in [2.45, 2.75) is 57.1 Å². The number of amides is 2. The van der Waals surface area contributed by atoms with Gasteiger partial charge in [-0.05, 0) is 38.0 Å². The Hall–Kier alpha value is -3.51. The summed E-state index contributed by atoms with van der Waals surface area (Å²) in [5.74, 6) is 6.45. The van der Waals surface area contributed by atoms with Crippen LogP contribution < -0.4 is 11.1 Å². The van der Waals surface area contributed by atoms with Crippen molar-refractivity contribution in [3.8, 4) is 11.8 Å². The van der Waals surface area contributed by atoms with Crippen molar-refractivity contribution in [2.75, 3.05) is 45.2 Å². The van der Waals surface area contributed by atoms with Crippen LogP contribution in [0.25, 0.3) is 11.2 Å². The molecule has 40 heavy (non-hydrogen) atoms. The highest BCUT2D eigenvalue weighted by molar-refractivity contribution is 5.83. The van der Waals surface area contributed by atoms with Gasteiger partial charge in [0.1, 0.15) is 17.7 Å². The van der Waals surface area contributed by atoms with E-state index in [0.717, 1.165) is 25.9 Å². The zero-order valence-corrected chi connectivity index (χ0v) is 22.4. The summed E-state index contributed by atoms with van der Waals surface area (Å²) in [6.45, 7) is 5.11. The minimum Gasteiger partial charge on any atom is -0.449 e. The van der Waals surface area contributed by atoms with Crippen LogP contribution >= 0.6 is 0 Å². The number of hydrogen-bond acceptors (Lipinski definition) is 11. The molecular weight excluding hydrogens is 522 g/mol. The molecule has 2 aromatic rings. The molecule has 5 atom stereocenters. The van der Waals surface area contributed by atoms with Crippen LogP contribution in [0.1, 0.15) is 44.7 Å². The Bertz CT molecular complexity index is 1280. The second kappa shape index (κ2) is 12.3. The number of ether oxygens (including phenoxy) is 3. The van der Waals surface area contributed by atoms with Crippen molar-refractivity contribution in [3.63, 3.8) is 0 Å². The van der Waals surface area contributed by atoms with Crippen molar-refractivity contribution in [3.05, 3.63) is 12.2 Å². The average molecular weight is 558 g/mol. The Morgan fingerprint density at radius 3 is 2.73 bits per heavy atom. The van der Waals surface area contributed by atoms with Crippen LogP contribution in [0.5, 0.6) is 0 Å². The normalized spacial score (nSPS) is 27.0. The maximum atomic E-state index is 12.4. The Kier molecular flexibility index (Phi) is 8.65. The molecule has 3 aliphatic rings. The molecule has 2 amide bonds. The van der Waals surface area contributed by atoms with Gasteiger partial charge in [-0.2, -0.15) is 0 Å². The number of fused-ring (bicyclic) bond motifs is 1. The molecule has 0 aliphatic carbocycles. The van der Waals surface area contributed by atoms with E-state index < -0.39 is 30.4 Å². The van der Waals surface area contributed by atoms with Gasteiger partial charge in [-0.25, -0.2) is 19.7 Å². The van der Waals surface area contributed by atoms with E-state index in [0.29, 0.717) is 45.2 Å². The average Bonchev–Trinajstić information content (AvgIpc) is 3.68. The molecule has 5 N–H and O–H groups in total. The number of rotatable bonds is 6. The molecule has 3 aliphatic heterocycles. The fourth-order valence-corrected chi connectivity index (χ4v) is 5.15.